The highest BCUT2D eigenvalue weighted by molar-refractivity contribution is 5.71. The Balaban J connectivity index is 4.40. The van der Waals surface area contributed by atoms with Crippen molar-refractivity contribution in [1.82, 2.24) is 0 Å². The van der Waals surface area contributed by atoms with E-state index in [9.17, 15) is 14.4 Å². The van der Waals surface area contributed by atoms with Crippen molar-refractivity contribution < 1.29 is 28.6 Å². The minimum Gasteiger partial charge on any atom is -0.462 e. The highest BCUT2D eigenvalue weighted by Gasteiger charge is 2.19. The van der Waals surface area contributed by atoms with Gasteiger partial charge in [0.2, 0.25) is 0 Å². The summed E-state index contributed by atoms with van der Waals surface area (Å²) < 4.78 is 16.9. The average molecular weight is 1100 g/mol. The van der Waals surface area contributed by atoms with E-state index in [-0.39, 0.29) is 37.5 Å². The molecule has 0 saturated carbocycles. The summed E-state index contributed by atoms with van der Waals surface area (Å²) in [5, 5.41) is 0. The lowest BCUT2D eigenvalue weighted by Crippen LogP contribution is -2.30. The lowest BCUT2D eigenvalue weighted by atomic mass is 10.0. The fraction of sp³-hybridized carbons (Fsp3) is 0.712. The number of unbranched alkanes of at least 4 members (excludes halogenated alkanes) is 31. The molecule has 0 aliphatic carbocycles. The normalized spacial score (nSPS) is 12.8. The summed E-state index contributed by atoms with van der Waals surface area (Å²) in [5.41, 5.74) is 0. The smallest absolute Gasteiger partial charge is 0.306 e. The SMILES string of the molecule is CC/C=C\C/C=C\C/C=C\C/C=C\C/C=C\CCCC(=O)OCC(COC(=O)CCCCCCCCCCCCCCC/C=C\C/C=C\CCCCCCC)OC(=O)CCCCCCCCCCC/C=C\C/C=C\CCCCC. The van der Waals surface area contributed by atoms with Crippen molar-refractivity contribution in [1.29, 1.82) is 0 Å². The van der Waals surface area contributed by atoms with E-state index in [0.717, 1.165) is 89.9 Å². The van der Waals surface area contributed by atoms with Gasteiger partial charge in [-0.05, 0) is 122 Å². The first-order valence-corrected chi connectivity index (χ1v) is 33.4. The monoisotopic (exact) mass is 1100 g/mol. The maximum Gasteiger partial charge on any atom is 0.306 e. The predicted octanol–water partition coefficient (Wildman–Crippen LogP) is 23.0. The summed E-state index contributed by atoms with van der Waals surface area (Å²) in [6.07, 6.45) is 91.0. The zero-order valence-corrected chi connectivity index (χ0v) is 51.9. The van der Waals surface area contributed by atoms with Crippen LogP contribution in [0.2, 0.25) is 0 Å². The van der Waals surface area contributed by atoms with Crippen LogP contribution in [0.3, 0.4) is 0 Å². The summed E-state index contributed by atoms with van der Waals surface area (Å²) >= 11 is 0. The summed E-state index contributed by atoms with van der Waals surface area (Å²) in [7, 11) is 0. The van der Waals surface area contributed by atoms with E-state index in [4.69, 9.17) is 14.2 Å². The molecule has 0 spiro atoms. The first-order valence-electron chi connectivity index (χ1n) is 33.4. The molecule has 0 aromatic heterocycles. The Hall–Kier alpha value is -3.93. The molecule has 1 atom stereocenters. The number of hydrogen-bond donors (Lipinski definition) is 0. The molecule has 0 aromatic rings. The number of allylic oxidation sites excluding steroid dienone is 18. The Morgan fingerprint density at radius 3 is 0.848 bits per heavy atom. The average Bonchev–Trinajstić information content (AvgIpc) is 3.45. The maximum absolute atomic E-state index is 12.9. The van der Waals surface area contributed by atoms with Crippen LogP contribution in [0.1, 0.15) is 316 Å². The van der Waals surface area contributed by atoms with Crippen LogP contribution in [0.5, 0.6) is 0 Å². The van der Waals surface area contributed by atoms with Gasteiger partial charge >= 0.3 is 17.9 Å². The molecule has 452 valence electrons. The Bertz CT molecular complexity index is 1590. The van der Waals surface area contributed by atoms with E-state index in [2.05, 4.69) is 130 Å². The van der Waals surface area contributed by atoms with E-state index < -0.39 is 6.10 Å². The number of hydrogen-bond acceptors (Lipinski definition) is 6. The number of esters is 3. The van der Waals surface area contributed by atoms with Gasteiger partial charge in [-0.15, -0.1) is 0 Å². The Labute approximate surface area is 489 Å². The van der Waals surface area contributed by atoms with Crippen LogP contribution < -0.4 is 0 Å². The molecular formula is C73H124O6. The fourth-order valence-electron chi connectivity index (χ4n) is 9.25. The molecule has 0 aromatic carbocycles. The Morgan fingerprint density at radius 2 is 0.506 bits per heavy atom. The van der Waals surface area contributed by atoms with Crippen LogP contribution in [0.15, 0.2) is 109 Å². The van der Waals surface area contributed by atoms with Crippen molar-refractivity contribution in [2.75, 3.05) is 13.2 Å². The molecule has 79 heavy (non-hydrogen) atoms. The second kappa shape index (κ2) is 66.6. The third kappa shape index (κ3) is 64.8. The van der Waals surface area contributed by atoms with E-state index in [1.807, 2.05) is 0 Å². The molecule has 6 heteroatoms. The zero-order valence-electron chi connectivity index (χ0n) is 51.9. The first kappa shape index (κ1) is 75.1. The summed E-state index contributed by atoms with van der Waals surface area (Å²) in [4.78, 5) is 38.4. The van der Waals surface area contributed by atoms with Gasteiger partial charge in [-0.3, -0.25) is 14.4 Å². The van der Waals surface area contributed by atoms with Crippen LogP contribution in [0, 0.1) is 0 Å². The lowest BCUT2D eigenvalue weighted by Gasteiger charge is -2.18. The maximum atomic E-state index is 12.9. The van der Waals surface area contributed by atoms with Crippen LogP contribution in [0.4, 0.5) is 0 Å². The molecule has 0 aliphatic heterocycles. The van der Waals surface area contributed by atoms with Gasteiger partial charge in [-0.25, -0.2) is 0 Å². The second-order valence-corrected chi connectivity index (χ2v) is 22.0. The summed E-state index contributed by atoms with van der Waals surface area (Å²) in [6, 6.07) is 0. The molecule has 6 nitrogen and oxygen atoms in total. The van der Waals surface area contributed by atoms with E-state index in [1.54, 1.807) is 0 Å². The van der Waals surface area contributed by atoms with E-state index >= 15 is 0 Å². The molecule has 0 saturated heterocycles. The van der Waals surface area contributed by atoms with Crippen molar-refractivity contribution in [2.45, 2.75) is 322 Å². The van der Waals surface area contributed by atoms with Crippen molar-refractivity contribution >= 4 is 17.9 Å². The molecule has 0 bridgehead atoms. The molecular weight excluding hydrogens is 973 g/mol. The van der Waals surface area contributed by atoms with Gasteiger partial charge in [-0.2, -0.15) is 0 Å². The summed E-state index contributed by atoms with van der Waals surface area (Å²) in [5.74, 6) is -0.954. The number of carbonyl (C=O) groups excluding carboxylic acids is 3. The number of carbonyl (C=O) groups is 3. The first-order chi connectivity index (χ1) is 39.0. The van der Waals surface area contributed by atoms with Crippen molar-refractivity contribution in [3.63, 3.8) is 0 Å². The van der Waals surface area contributed by atoms with Gasteiger partial charge < -0.3 is 14.2 Å². The van der Waals surface area contributed by atoms with Crippen LogP contribution >= 0.6 is 0 Å². The molecule has 0 aliphatic rings. The predicted molar refractivity (Wildman–Crippen MR) is 343 cm³/mol. The largest absolute Gasteiger partial charge is 0.462 e. The third-order valence-electron chi connectivity index (χ3n) is 14.2. The third-order valence-corrected chi connectivity index (χ3v) is 14.2. The Kier molecular flexibility index (Phi) is 63.3. The van der Waals surface area contributed by atoms with Gasteiger partial charge in [0.15, 0.2) is 6.10 Å². The molecule has 0 N–H and O–H groups in total. The van der Waals surface area contributed by atoms with Gasteiger partial charge in [0, 0.05) is 19.3 Å². The zero-order chi connectivity index (χ0) is 57.1. The summed E-state index contributed by atoms with van der Waals surface area (Å²) in [6.45, 7) is 6.47. The van der Waals surface area contributed by atoms with Gasteiger partial charge in [-0.1, -0.05) is 284 Å². The van der Waals surface area contributed by atoms with Gasteiger partial charge in [0.25, 0.3) is 0 Å². The van der Waals surface area contributed by atoms with Crippen LogP contribution in [0.25, 0.3) is 0 Å². The highest BCUT2D eigenvalue weighted by Crippen LogP contribution is 2.16. The Morgan fingerprint density at radius 1 is 0.266 bits per heavy atom. The van der Waals surface area contributed by atoms with Crippen molar-refractivity contribution in [3.05, 3.63) is 109 Å². The number of rotatable bonds is 60. The topological polar surface area (TPSA) is 78.9 Å². The van der Waals surface area contributed by atoms with Crippen LogP contribution in [-0.2, 0) is 28.6 Å². The molecule has 0 heterocycles. The quantitative estimate of drug-likeness (QED) is 0.0261. The minimum absolute atomic E-state index is 0.0977. The second-order valence-electron chi connectivity index (χ2n) is 22.0. The number of ether oxygens (including phenoxy) is 3. The van der Waals surface area contributed by atoms with E-state index in [0.29, 0.717) is 19.3 Å². The van der Waals surface area contributed by atoms with Crippen LogP contribution in [-0.4, -0.2) is 37.2 Å². The molecule has 0 rings (SSSR count). The minimum atomic E-state index is -0.807. The molecule has 0 radical (unpaired) electrons. The molecule has 0 fully saturated rings. The standard InChI is InChI=1S/C73H124O6/c1-4-7-10-13-16-19-22-25-28-31-33-34-35-36-37-38-40-42-45-48-51-54-57-60-63-66-72(75)78-69-70(68-77-71(74)65-62-59-56-53-50-47-44-41-30-27-24-21-18-15-12-9-6-3)79-73(76)67-64-61-58-55-52-49-46-43-39-32-29-26-23-20-17-14-11-8-5-2/h9,12,17-18,20-22,25-27,29-31,33,44,47,53,56,70H,4-8,10-11,13-16,19,23-24,28,32,34-43,45-46,48-52,54-55,57-69H2,1-3H3/b12-9-,20-17-,21-18-,25-22-,29-26-,30-27-,33-31-,47-44-,56-53-. The molecule has 1 unspecified atom stereocenters. The molecule has 0 amide bonds. The van der Waals surface area contributed by atoms with Gasteiger partial charge in [0.1, 0.15) is 13.2 Å². The highest BCUT2D eigenvalue weighted by atomic mass is 16.6. The fourth-order valence-corrected chi connectivity index (χ4v) is 9.25. The van der Waals surface area contributed by atoms with Gasteiger partial charge in [0.05, 0.1) is 0 Å². The van der Waals surface area contributed by atoms with Crippen molar-refractivity contribution in [2.24, 2.45) is 0 Å². The van der Waals surface area contributed by atoms with Crippen molar-refractivity contribution in [3.8, 4) is 0 Å². The lowest BCUT2D eigenvalue weighted by molar-refractivity contribution is -0.167. The van der Waals surface area contributed by atoms with E-state index in [1.165, 1.54) is 180 Å².